The van der Waals surface area contributed by atoms with Crippen LogP contribution in [0.15, 0.2) is 42.5 Å². The van der Waals surface area contributed by atoms with Crippen LogP contribution in [0.25, 0.3) is 0 Å². The van der Waals surface area contributed by atoms with E-state index in [2.05, 4.69) is 68.6 Å². The third kappa shape index (κ3) is 3.85. The minimum Gasteiger partial charge on any atom is -0.494 e. The van der Waals surface area contributed by atoms with Gasteiger partial charge in [-0.05, 0) is 56.1 Å². The first-order chi connectivity index (χ1) is 10.2. The lowest BCUT2D eigenvalue weighted by Crippen LogP contribution is -2.18. The minimum atomic E-state index is 0.213. The molecule has 1 N–H and O–H groups in total. The van der Waals surface area contributed by atoms with Gasteiger partial charge in [0.25, 0.3) is 0 Å². The zero-order valence-electron chi connectivity index (χ0n) is 13.4. The van der Waals surface area contributed by atoms with E-state index in [0.29, 0.717) is 0 Å². The molecule has 0 aliphatic rings. The molecule has 2 heteroatoms. The summed E-state index contributed by atoms with van der Waals surface area (Å²) in [5, 5.41) is 3.42. The van der Waals surface area contributed by atoms with Crippen LogP contribution >= 0.6 is 0 Å². The normalized spacial score (nSPS) is 12.2. The highest BCUT2D eigenvalue weighted by Gasteiger charge is 2.14. The molecule has 112 valence electrons. The molecule has 0 aliphatic carbocycles. The van der Waals surface area contributed by atoms with E-state index < -0.39 is 0 Å². The Balaban J connectivity index is 2.26. The highest BCUT2D eigenvalue weighted by atomic mass is 16.5. The molecule has 2 rings (SSSR count). The first kappa shape index (κ1) is 15.6. The van der Waals surface area contributed by atoms with Crippen LogP contribution in [0, 0.1) is 13.8 Å². The predicted octanol–water partition coefficient (Wildman–Crippen LogP) is 4.40. The fourth-order valence-corrected chi connectivity index (χ4v) is 2.55. The second kappa shape index (κ2) is 7.28. The Morgan fingerprint density at radius 2 is 1.76 bits per heavy atom. The maximum atomic E-state index is 5.65. The Morgan fingerprint density at radius 1 is 1.05 bits per heavy atom. The molecule has 2 aromatic rings. The third-order valence-corrected chi connectivity index (χ3v) is 3.72. The molecule has 0 spiro atoms. The first-order valence-electron chi connectivity index (χ1n) is 7.63. The van der Waals surface area contributed by atoms with Crippen molar-refractivity contribution >= 4 is 0 Å². The number of benzene rings is 2. The van der Waals surface area contributed by atoms with Gasteiger partial charge in [-0.25, -0.2) is 0 Å². The van der Waals surface area contributed by atoms with Crippen molar-refractivity contribution in [1.82, 2.24) is 5.32 Å². The number of hydrogen-bond acceptors (Lipinski definition) is 2. The Kier molecular flexibility index (Phi) is 5.40. The summed E-state index contributed by atoms with van der Waals surface area (Å²) in [6.45, 7) is 7.19. The molecular formula is C19H25NO. The summed E-state index contributed by atoms with van der Waals surface area (Å²) in [7, 11) is 2.01. The van der Waals surface area contributed by atoms with E-state index in [1.54, 1.807) is 0 Å². The molecule has 1 unspecified atom stereocenters. The van der Waals surface area contributed by atoms with Crippen molar-refractivity contribution in [1.29, 1.82) is 0 Å². The molecule has 0 radical (unpaired) electrons. The van der Waals surface area contributed by atoms with Gasteiger partial charge in [0, 0.05) is 0 Å². The lowest BCUT2D eigenvalue weighted by atomic mass is 9.93. The number of ether oxygens (including phenoxy) is 1. The second-order valence-electron chi connectivity index (χ2n) is 5.50. The highest BCUT2D eigenvalue weighted by molar-refractivity contribution is 5.40. The van der Waals surface area contributed by atoms with Crippen molar-refractivity contribution in [2.24, 2.45) is 0 Å². The van der Waals surface area contributed by atoms with Gasteiger partial charge in [0.15, 0.2) is 0 Å². The second-order valence-corrected chi connectivity index (χ2v) is 5.50. The molecular weight excluding hydrogens is 258 g/mol. The van der Waals surface area contributed by atoms with Gasteiger partial charge in [-0.3, -0.25) is 0 Å². The van der Waals surface area contributed by atoms with Gasteiger partial charge in [-0.15, -0.1) is 0 Å². The van der Waals surface area contributed by atoms with Crippen molar-refractivity contribution < 1.29 is 4.74 Å². The lowest BCUT2D eigenvalue weighted by molar-refractivity contribution is 0.317. The van der Waals surface area contributed by atoms with Crippen LogP contribution in [0.2, 0.25) is 0 Å². The summed E-state index contributed by atoms with van der Waals surface area (Å²) in [6.07, 6.45) is 1.03. The summed E-state index contributed by atoms with van der Waals surface area (Å²) in [5.74, 6) is 0.941. The van der Waals surface area contributed by atoms with E-state index in [4.69, 9.17) is 4.74 Å². The summed E-state index contributed by atoms with van der Waals surface area (Å²) in [5.41, 5.74) is 5.19. The van der Waals surface area contributed by atoms with Gasteiger partial charge in [0.05, 0.1) is 12.6 Å². The molecule has 0 fully saturated rings. The van der Waals surface area contributed by atoms with Crippen LogP contribution in [-0.4, -0.2) is 13.7 Å². The highest BCUT2D eigenvalue weighted by Crippen LogP contribution is 2.27. The molecule has 0 saturated heterocycles. The van der Waals surface area contributed by atoms with Crippen molar-refractivity contribution in [3.05, 3.63) is 64.7 Å². The minimum absolute atomic E-state index is 0.213. The standard InChI is InChI=1S/C19H25NO/c1-5-12-21-17-10-8-16(9-11-17)19(20-4)18-13-14(2)6-7-15(18)3/h6-11,13,19-20H,5,12H2,1-4H3. The van der Waals surface area contributed by atoms with Gasteiger partial charge in [0.2, 0.25) is 0 Å². The maximum absolute atomic E-state index is 5.65. The predicted molar refractivity (Wildman–Crippen MR) is 89.0 cm³/mol. The Labute approximate surface area is 128 Å². The van der Waals surface area contributed by atoms with E-state index in [1.165, 1.54) is 22.3 Å². The molecule has 2 nitrogen and oxygen atoms in total. The van der Waals surface area contributed by atoms with Gasteiger partial charge in [-0.2, -0.15) is 0 Å². The van der Waals surface area contributed by atoms with E-state index in [0.717, 1.165) is 18.8 Å². The molecule has 0 bridgehead atoms. The van der Waals surface area contributed by atoms with Crippen molar-refractivity contribution in [2.45, 2.75) is 33.2 Å². The molecule has 21 heavy (non-hydrogen) atoms. The van der Waals surface area contributed by atoms with Crippen LogP contribution in [0.3, 0.4) is 0 Å². The topological polar surface area (TPSA) is 21.3 Å². The number of rotatable bonds is 6. The summed E-state index contributed by atoms with van der Waals surface area (Å²) in [4.78, 5) is 0. The molecule has 0 aliphatic heterocycles. The Morgan fingerprint density at radius 3 is 2.38 bits per heavy atom. The average molecular weight is 283 g/mol. The molecule has 0 aromatic heterocycles. The van der Waals surface area contributed by atoms with E-state index in [-0.39, 0.29) is 6.04 Å². The molecule has 0 saturated carbocycles. The van der Waals surface area contributed by atoms with E-state index in [1.807, 2.05) is 7.05 Å². The van der Waals surface area contributed by atoms with Crippen molar-refractivity contribution in [3.8, 4) is 5.75 Å². The molecule has 0 heterocycles. The number of hydrogen-bond donors (Lipinski definition) is 1. The summed E-state index contributed by atoms with van der Waals surface area (Å²) >= 11 is 0. The van der Waals surface area contributed by atoms with Gasteiger partial charge in [0.1, 0.15) is 5.75 Å². The Bertz CT molecular complexity index is 575. The Hall–Kier alpha value is -1.80. The zero-order chi connectivity index (χ0) is 15.2. The van der Waals surface area contributed by atoms with E-state index >= 15 is 0 Å². The van der Waals surface area contributed by atoms with Crippen molar-refractivity contribution in [2.75, 3.05) is 13.7 Å². The van der Waals surface area contributed by atoms with Crippen LogP contribution in [0.4, 0.5) is 0 Å². The smallest absolute Gasteiger partial charge is 0.119 e. The lowest BCUT2D eigenvalue weighted by Gasteiger charge is -2.20. The maximum Gasteiger partial charge on any atom is 0.119 e. The van der Waals surface area contributed by atoms with Crippen LogP contribution in [0.1, 0.15) is 41.6 Å². The monoisotopic (exact) mass is 283 g/mol. The largest absolute Gasteiger partial charge is 0.494 e. The zero-order valence-corrected chi connectivity index (χ0v) is 13.4. The SMILES string of the molecule is CCCOc1ccc(C(NC)c2cc(C)ccc2C)cc1. The van der Waals surface area contributed by atoms with Gasteiger partial charge in [-0.1, -0.05) is 42.8 Å². The third-order valence-electron chi connectivity index (χ3n) is 3.72. The van der Waals surface area contributed by atoms with Gasteiger partial charge < -0.3 is 10.1 Å². The quantitative estimate of drug-likeness (QED) is 0.848. The summed E-state index contributed by atoms with van der Waals surface area (Å²) < 4.78 is 5.65. The first-order valence-corrected chi connectivity index (χ1v) is 7.63. The van der Waals surface area contributed by atoms with Crippen molar-refractivity contribution in [3.63, 3.8) is 0 Å². The van der Waals surface area contributed by atoms with Crippen LogP contribution in [-0.2, 0) is 0 Å². The summed E-state index contributed by atoms with van der Waals surface area (Å²) in [6, 6.07) is 15.2. The fourth-order valence-electron chi connectivity index (χ4n) is 2.55. The molecule has 2 aromatic carbocycles. The van der Waals surface area contributed by atoms with E-state index in [9.17, 15) is 0 Å². The molecule has 0 amide bonds. The molecule has 1 atom stereocenters. The number of aryl methyl sites for hydroxylation is 2. The average Bonchev–Trinajstić information content (AvgIpc) is 2.50. The van der Waals surface area contributed by atoms with Crippen LogP contribution < -0.4 is 10.1 Å². The van der Waals surface area contributed by atoms with Gasteiger partial charge >= 0.3 is 0 Å². The fraction of sp³-hybridized carbons (Fsp3) is 0.368. The van der Waals surface area contributed by atoms with Crippen LogP contribution in [0.5, 0.6) is 5.75 Å². The number of nitrogens with one attached hydrogen (secondary N) is 1.